The Kier molecular flexibility index (Phi) is 6.14. The van der Waals surface area contributed by atoms with E-state index < -0.39 is 0 Å². The Labute approximate surface area is 135 Å². The molecule has 0 aliphatic carbocycles. The van der Waals surface area contributed by atoms with Crippen LogP contribution in [-0.4, -0.2) is 34.9 Å². The molecule has 1 amide bonds. The van der Waals surface area contributed by atoms with E-state index in [0.29, 0.717) is 18.7 Å². The molecule has 0 spiro atoms. The highest BCUT2D eigenvalue weighted by Crippen LogP contribution is 2.08. The lowest BCUT2D eigenvalue weighted by Crippen LogP contribution is -2.24. The van der Waals surface area contributed by atoms with Gasteiger partial charge in [-0.3, -0.25) is 9.59 Å². The fourth-order valence-electron chi connectivity index (χ4n) is 2.34. The van der Waals surface area contributed by atoms with Crippen LogP contribution in [0.2, 0.25) is 0 Å². The third-order valence-electron chi connectivity index (χ3n) is 3.67. The van der Waals surface area contributed by atoms with E-state index in [9.17, 15) is 9.59 Å². The molecule has 0 aliphatic heterocycles. The number of pyridine rings is 1. The minimum Gasteiger partial charge on any atom is -0.469 e. The maximum atomic E-state index is 12.1. The molecule has 0 saturated heterocycles. The van der Waals surface area contributed by atoms with Crippen LogP contribution in [0.25, 0.3) is 5.65 Å². The Morgan fingerprint density at radius 3 is 2.83 bits per heavy atom. The maximum Gasteiger partial charge on any atom is 0.305 e. The summed E-state index contributed by atoms with van der Waals surface area (Å²) < 4.78 is 6.43. The predicted molar refractivity (Wildman–Crippen MR) is 87.4 cm³/mol. The van der Waals surface area contributed by atoms with E-state index in [-0.39, 0.29) is 11.9 Å². The van der Waals surface area contributed by atoms with Gasteiger partial charge >= 0.3 is 5.97 Å². The number of aryl methyl sites for hydroxylation is 1. The van der Waals surface area contributed by atoms with Crippen molar-refractivity contribution in [3.63, 3.8) is 0 Å². The van der Waals surface area contributed by atoms with Crippen LogP contribution in [0.4, 0.5) is 0 Å². The molecule has 0 saturated carbocycles. The normalized spacial score (nSPS) is 10.7. The summed E-state index contributed by atoms with van der Waals surface area (Å²) in [6, 6.07) is 3.92. The Balaban J connectivity index is 1.69. The van der Waals surface area contributed by atoms with Gasteiger partial charge in [0.15, 0.2) is 0 Å². The summed E-state index contributed by atoms with van der Waals surface area (Å²) in [6.45, 7) is 2.61. The molecule has 0 aliphatic rings. The van der Waals surface area contributed by atoms with Gasteiger partial charge in [-0.1, -0.05) is 12.8 Å². The second-order valence-corrected chi connectivity index (χ2v) is 5.59. The second-order valence-electron chi connectivity index (χ2n) is 5.59. The van der Waals surface area contributed by atoms with Crippen molar-refractivity contribution in [2.75, 3.05) is 13.7 Å². The smallest absolute Gasteiger partial charge is 0.305 e. The van der Waals surface area contributed by atoms with E-state index in [1.54, 1.807) is 6.20 Å². The zero-order chi connectivity index (χ0) is 16.7. The van der Waals surface area contributed by atoms with Gasteiger partial charge in [0.25, 0.3) is 5.91 Å². The number of rotatable bonds is 8. The highest BCUT2D eigenvalue weighted by atomic mass is 16.5. The molecule has 2 heterocycles. The average Bonchev–Trinajstić information content (AvgIpc) is 2.96. The first kappa shape index (κ1) is 17.0. The van der Waals surface area contributed by atoms with Crippen molar-refractivity contribution in [1.29, 1.82) is 0 Å². The second kappa shape index (κ2) is 8.31. The molecular weight excluding hydrogens is 294 g/mol. The number of esters is 1. The van der Waals surface area contributed by atoms with Gasteiger partial charge in [-0.15, -0.1) is 0 Å². The van der Waals surface area contributed by atoms with E-state index in [4.69, 9.17) is 0 Å². The number of methoxy groups -OCH3 is 1. The van der Waals surface area contributed by atoms with Gasteiger partial charge < -0.3 is 14.5 Å². The van der Waals surface area contributed by atoms with Crippen molar-refractivity contribution in [3.05, 3.63) is 35.8 Å². The molecule has 0 unspecified atom stereocenters. The van der Waals surface area contributed by atoms with Gasteiger partial charge in [-0.25, -0.2) is 4.98 Å². The Morgan fingerprint density at radius 1 is 1.26 bits per heavy atom. The summed E-state index contributed by atoms with van der Waals surface area (Å²) in [6.07, 6.45) is 7.74. The lowest BCUT2D eigenvalue weighted by atomic mass is 10.1. The minimum atomic E-state index is -0.166. The number of ether oxygens (including phenoxy) is 1. The first-order chi connectivity index (χ1) is 11.1. The van der Waals surface area contributed by atoms with Gasteiger partial charge in [-0.05, 0) is 37.5 Å². The highest BCUT2D eigenvalue weighted by molar-refractivity contribution is 5.92. The van der Waals surface area contributed by atoms with Crippen LogP contribution < -0.4 is 5.32 Å². The topological polar surface area (TPSA) is 72.7 Å². The van der Waals surface area contributed by atoms with Crippen LogP contribution in [0.5, 0.6) is 0 Å². The molecular formula is C17H23N3O3. The molecule has 0 fully saturated rings. The van der Waals surface area contributed by atoms with E-state index in [0.717, 1.165) is 36.9 Å². The van der Waals surface area contributed by atoms with Gasteiger partial charge in [0.2, 0.25) is 0 Å². The molecule has 0 aromatic carbocycles. The molecule has 0 radical (unpaired) electrons. The maximum absolute atomic E-state index is 12.1. The Bertz CT molecular complexity index is 679. The predicted octanol–water partition coefficient (Wildman–Crippen LogP) is 2.50. The lowest BCUT2D eigenvalue weighted by Gasteiger charge is -2.03. The molecule has 2 rings (SSSR count). The summed E-state index contributed by atoms with van der Waals surface area (Å²) >= 11 is 0. The number of hydrogen-bond acceptors (Lipinski definition) is 4. The number of imidazole rings is 1. The summed E-state index contributed by atoms with van der Waals surface area (Å²) in [4.78, 5) is 27.4. The molecule has 23 heavy (non-hydrogen) atoms. The third-order valence-corrected chi connectivity index (χ3v) is 3.67. The van der Waals surface area contributed by atoms with Crippen molar-refractivity contribution in [3.8, 4) is 0 Å². The average molecular weight is 317 g/mol. The highest BCUT2D eigenvalue weighted by Gasteiger charge is 2.10. The number of fused-ring (bicyclic) bond motifs is 1. The van der Waals surface area contributed by atoms with Crippen LogP contribution in [0.3, 0.4) is 0 Å². The monoisotopic (exact) mass is 317 g/mol. The van der Waals surface area contributed by atoms with Gasteiger partial charge in [0.05, 0.1) is 7.11 Å². The summed E-state index contributed by atoms with van der Waals surface area (Å²) in [5.74, 6) is -0.318. The van der Waals surface area contributed by atoms with Crippen LogP contribution in [0.1, 0.15) is 48.2 Å². The van der Waals surface area contributed by atoms with Crippen molar-refractivity contribution >= 4 is 17.5 Å². The fraction of sp³-hybridized carbons (Fsp3) is 0.471. The van der Waals surface area contributed by atoms with Crippen molar-refractivity contribution in [2.45, 2.75) is 39.0 Å². The number of nitrogens with one attached hydrogen (secondary N) is 1. The number of amides is 1. The SMILES string of the molecule is COC(=O)CCCCCCNC(=O)c1cn2ccc(C)cc2n1. The van der Waals surface area contributed by atoms with Crippen LogP contribution in [-0.2, 0) is 9.53 Å². The van der Waals surface area contributed by atoms with Gasteiger partial charge in [0.1, 0.15) is 11.3 Å². The number of hydrogen-bond donors (Lipinski definition) is 1. The number of aromatic nitrogens is 2. The zero-order valence-electron chi connectivity index (χ0n) is 13.7. The molecule has 124 valence electrons. The van der Waals surface area contributed by atoms with Crippen LogP contribution >= 0.6 is 0 Å². The number of carbonyl (C=O) groups excluding carboxylic acids is 2. The molecule has 6 heteroatoms. The first-order valence-electron chi connectivity index (χ1n) is 7.90. The molecule has 0 atom stereocenters. The summed E-state index contributed by atoms with van der Waals surface area (Å²) in [5.41, 5.74) is 2.32. The van der Waals surface area contributed by atoms with E-state index in [1.165, 1.54) is 7.11 Å². The molecule has 6 nitrogen and oxygen atoms in total. The number of unbranched alkanes of at least 4 members (excludes halogenated alkanes) is 3. The van der Waals surface area contributed by atoms with Crippen molar-refractivity contribution in [2.24, 2.45) is 0 Å². The quantitative estimate of drug-likeness (QED) is 0.600. The Morgan fingerprint density at radius 2 is 2.04 bits per heavy atom. The van der Waals surface area contributed by atoms with E-state index >= 15 is 0 Å². The van der Waals surface area contributed by atoms with E-state index in [2.05, 4.69) is 15.0 Å². The third kappa shape index (κ3) is 5.09. The Hall–Kier alpha value is -2.37. The van der Waals surface area contributed by atoms with Crippen molar-refractivity contribution < 1.29 is 14.3 Å². The minimum absolute atomic E-state index is 0.152. The summed E-state index contributed by atoms with van der Waals surface area (Å²) in [7, 11) is 1.40. The largest absolute Gasteiger partial charge is 0.469 e. The standard InChI is InChI=1S/C17H23N3O3/c1-13-8-10-20-12-14(19-15(20)11-13)17(22)18-9-6-4-3-5-7-16(21)23-2/h8,10-12H,3-7,9H2,1-2H3,(H,18,22). The number of nitrogens with zero attached hydrogens (tertiary/aromatic N) is 2. The molecule has 1 N–H and O–H groups in total. The first-order valence-corrected chi connectivity index (χ1v) is 7.90. The van der Waals surface area contributed by atoms with E-state index in [1.807, 2.05) is 29.7 Å². The van der Waals surface area contributed by atoms with Crippen molar-refractivity contribution in [1.82, 2.24) is 14.7 Å². The fourth-order valence-corrected chi connectivity index (χ4v) is 2.34. The molecule has 2 aromatic heterocycles. The molecule has 0 bridgehead atoms. The number of carbonyl (C=O) groups is 2. The van der Waals surface area contributed by atoms with Gasteiger partial charge in [-0.2, -0.15) is 0 Å². The lowest BCUT2D eigenvalue weighted by molar-refractivity contribution is -0.140. The van der Waals surface area contributed by atoms with Gasteiger partial charge in [0, 0.05) is 25.4 Å². The molecule has 2 aromatic rings. The van der Waals surface area contributed by atoms with Crippen LogP contribution in [0.15, 0.2) is 24.5 Å². The zero-order valence-corrected chi connectivity index (χ0v) is 13.7. The summed E-state index contributed by atoms with van der Waals surface area (Å²) in [5, 5.41) is 2.88. The van der Waals surface area contributed by atoms with Crippen LogP contribution in [0, 0.1) is 6.92 Å².